The minimum Gasteiger partial charge on any atom is -0.350 e. The van der Waals surface area contributed by atoms with Crippen LogP contribution < -0.4 is 11.1 Å². The van der Waals surface area contributed by atoms with Crippen LogP contribution in [0.5, 0.6) is 0 Å². The number of carbonyl (C=O) groups excluding carboxylic acids is 1. The first-order chi connectivity index (χ1) is 8.08. The first kappa shape index (κ1) is 16.0. The van der Waals surface area contributed by atoms with Crippen molar-refractivity contribution < 1.29 is 4.79 Å². The third-order valence-electron chi connectivity index (χ3n) is 2.91. The molecule has 0 saturated heterocycles. The van der Waals surface area contributed by atoms with Crippen LogP contribution in [0.15, 0.2) is 18.2 Å². The third-order valence-corrected chi connectivity index (χ3v) is 4.45. The summed E-state index contributed by atoms with van der Waals surface area (Å²) in [5, 5.41) is 3.52. The molecule has 1 aromatic rings. The highest BCUT2D eigenvalue weighted by molar-refractivity contribution is 14.1. The summed E-state index contributed by atoms with van der Waals surface area (Å²) in [4.78, 5) is 11.8. The Balaban J connectivity index is 0.00000162. The van der Waals surface area contributed by atoms with E-state index in [9.17, 15) is 4.79 Å². The summed E-state index contributed by atoms with van der Waals surface area (Å²) < 4.78 is 0.878. The largest absolute Gasteiger partial charge is 0.350 e. The number of rotatable bonds is 4. The molecular weight excluding hydrogens is 386 g/mol. The highest BCUT2D eigenvalue weighted by Gasteiger charge is 2.28. The van der Waals surface area contributed by atoms with Crippen LogP contribution in [0, 0.1) is 9.49 Å². The summed E-state index contributed by atoms with van der Waals surface area (Å²) in [7, 11) is 0. The molecule has 1 fully saturated rings. The standard InChI is InChI=1S/C12H14ClIN2O.ClH/c13-9-4-3-8(5-10(9)14)12(17)16-6-11(15)7-1-2-7;/h3-5,7,11H,1-2,6,15H2,(H,16,17);1H. The van der Waals surface area contributed by atoms with Crippen molar-refractivity contribution in [3.05, 3.63) is 32.4 Å². The summed E-state index contributed by atoms with van der Waals surface area (Å²) in [6.07, 6.45) is 2.38. The van der Waals surface area contributed by atoms with Gasteiger partial charge in [-0.1, -0.05) is 11.6 Å². The molecule has 1 aliphatic rings. The maximum Gasteiger partial charge on any atom is 0.251 e. The Morgan fingerprint density at radius 2 is 2.22 bits per heavy atom. The first-order valence-corrected chi connectivity index (χ1v) is 7.02. The van der Waals surface area contributed by atoms with Crippen LogP contribution in [0.1, 0.15) is 23.2 Å². The van der Waals surface area contributed by atoms with Gasteiger partial charge in [-0.15, -0.1) is 12.4 Å². The molecule has 100 valence electrons. The fourth-order valence-electron chi connectivity index (χ4n) is 1.64. The number of nitrogens with two attached hydrogens (primary N) is 1. The number of halogens is 3. The van der Waals surface area contributed by atoms with Gasteiger partial charge in [0.05, 0.1) is 5.02 Å². The van der Waals surface area contributed by atoms with E-state index in [4.69, 9.17) is 17.3 Å². The highest BCUT2D eigenvalue weighted by atomic mass is 127. The molecule has 1 atom stereocenters. The van der Waals surface area contributed by atoms with Gasteiger partial charge in [-0.3, -0.25) is 4.79 Å². The van der Waals surface area contributed by atoms with Crippen molar-refractivity contribution in [3.8, 4) is 0 Å². The zero-order valence-corrected chi connectivity index (χ0v) is 13.4. The minimum atomic E-state index is -0.0873. The van der Waals surface area contributed by atoms with E-state index in [-0.39, 0.29) is 24.4 Å². The van der Waals surface area contributed by atoms with Crippen molar-refractivity contribution >= 4 is 52.5 Å². The molecule has 0 radical (unpaired) electrons. The second-order valence-electron chi connectivity index (χ2n) is 4.34. The molecule has 1 aromatic carbocycles. The Morgan fingerprint density at radius 3 is 2.78 bits per heavy atom. The quantitative estimate of drug-likeness (QED) is 0.763. The van der Waals surface area contributed by atoms with E-state index in [1.165, 1.54) is 12.8 Å². The number of nitrogens with one attached hydrogen (secondary N) is 1. The number of hydrogen-bond donors (Lipinski definition) is 2. The maximum atomic E-state index is 11.8. The Morgan fingerprint density at radius 1 is 1.56 bits per heavy atom. The molecule has 0 aromatic heterocycles. The van der Waals surface area contributed by atoms with Gasteiger partial charge in [0.15, 0.2) is 0 Å². The van der Waals surface area contributed by atoms with Gasteiger partial charge in [0.1, 0.15) is 0 Å². The van der Waals surface area contributed by atoms with Gasteiger partial charge in [-0.05, 0) is 59.5 Å². The number of hydrogen-bond acceptors (Lipinski definition) is 2. The fraction of sp³-hybridized carbons (Fsp3) is 0.417. The van der Waals surface area contributed by atoms with E-state index in [0.29, 0.717) is 23.0 Å². The van der Waals surface area contributed by atoms with Crippen LogP contribution >= 0.6 is 46.6 Å². The van der Waals surface area contributed by atoms with Gasteiger partial charge in [0, 0.05) is 21.7 Å². The lowest BCUT2D eigenvalue weighted by atomic mass is 10.2. The van der Waals surface area contributed by atoms with Crippen molar-refractivity contribution in [1.82, 2.24) is 5.32 Å². The van der Waals surface area contributed by atoms with Crippen LogP contribution in [0.25, 0.3) is 0 Å². The third kappa shape index (κ3) is 4.26. The molecule has 18 heavy (non-hydrogen) atoms. The van der Waals surface area contributed by atoms with Gasteiger partial charge in [0.25, 0.3) is 5.91 Å². The topological polar surface area (TPSA) is 55.1 Å². The molecule has 3 nitrogen and oxygen atoms in total. The van der Waals surface area contributed by atoms with Crippen LogP contribution in [-0.4, -0.2) is 18.5 Å². The summed E-state index contributed by atoms with van der Waals surface area (Å²) in [5.74, 6) is 0.510. The van der Waals surface area contributed by atoms with Crippen molar-refractivity contribution in [1.29, 1.82) is 0 Å². The summed E-state index contributed by atoms with van der Waals surface area (Å²) in [6.45, 7) is 0.544. The Bertz CT molecular complexity index is 438. The fourth-order valence-corrected chi connectivity index (χ4v) is 2.27. The summed E-state index contributed by atoms with van der Waals surface area (Å²) in [5.41, 5.74) is 6.55. The SMILES string of the molecule is Cl.NC(CNC(=O)c1ccc(Cl)c(I)c1)C1CC1. The lowest BCUT2D eigenvalue weighted by Gasteiger charge is -2.11. The van der Waals surface area contributed by atoms with E-state index in [1.807, 2.05) is 0 Å². The zero-order chi connectivity index (χ0) is 12.4. The number of benzene rings is 1. The monoisotopic (exact) mass is 400 g/mol. The molecule has 0 spiro atoms. The molecule has 1 aliphatic carbocycles. The van der Waals surface area contributed by atoms with Crippen molar-refractivity contribution in [2.75, 3.05) is 6.54 Å². The Labute approximate surface area is 131 Å². The highest BCUT2D eigenvalue weighted by Crippen LogP contribution is 2.31. The van der Waals surface area contributed by atoms with E-state index in [0.717, 1.165) is 3.57 Å². The zero-order valence-electron chi connectivity index (χ0n) is 9.66. The number of carbonyl (C=O) groups is 1. The molecule has 0 bridgehead atoms. The van der Waals surface area contributed by atoms with E-state index < -0.39 is 0 Å². The van der Waals surface area contributed by atoms with Gasteiger partial charge in [-0.2, -0.15) is 0 Å². The van der Waals surface area contributed by atoms with Crippen LogP contribution in [-0.2, 0) is 0 Å². The normalized spacial score (nSPS) is 15.7. The number of amides is 1. The van der Waals surface area contributed by atoms with Crippen LogP contribution in [0.2, 0.25) is 5.02 Å². The molecular formula is C12H15Cl2IN2O. The molecule has 0 heterocycles. The Hall–Kier alpha value is -0.0400. The average Bonchev–Trinajstić information content (AvgIpc) is 3.13. The van der Waals surface area contributed by atoms with Gasteiger partial charge in [0.2, 0.25) is 0 Å². The molecule has 3 N–H and O–H groups in total. The van der Waals surface area contributed by atoms with Crippen LogP contribution in [0.3, 0.4) is 0 Å². The van der Waals surface area contributed by atoms with Crippen LogP contribution in [0.4, 0.5) is 0 Å². The van der Waals surface area contributed by atoms with Gasteiger partial charge < -0.3 is 11.1 Å². The van der Waals surface area contributed by atoms with E-state index >= 15 is 0 Å². The lowest BCUT2D eigenvalue weighted by Crippen LogP contribution is -2.38. The molecule has 1 saturated carbocycles. The molecule has 0 aliphatic heterocycles. The molecule has 1 amide bonds. The van der Waals surface area contributed by atoms with Crippen molar-refractivity contribution in [2.24, 2.45) is 11.7 Å². The van der Waals surface area contributed by atoms with Gasteiger partial charge >= 0.3 is 0 Å². The smallest absolute Gasteiger partial charge is 0.251 e. The molecule has 2 rings (SSSR count). The summed E-state index contributed by atoms with van der Waals surface area (Å²) >= 11 is 8.01. The lowest BCUT2D eigenvalue weighted by molar-refractivity contribution is 0.0950. The van der Waals surface area contributed by atoms with Crippen molar-refractivity contribution in [3.63, 3.8) is 0 Å². The maximum absolute atomic E-state index is 11.8. The van der Waals surface area contributed by atoms with Gasteiger partial charge in [-0.25, -0.2) is 0 Å². The van der Waals surface area contributed by atoms with E-state index in [2.05, 4.69) is 27.9 Å². The van der Waals surface area contributed by atoms with Crippen molar-refractivity contribution in [2.45, 2.75) is 18.9 Å². The predicted octanol–water partition coefficient (Wildman–Crippen LogP) is 2.83. The second-order valence-corrected chi connectivity index (χ2v) is 5.91. The minimum absolute atomic E-state index is 0. The predicted molar refractivity (Wildman–Crippen MR) is 84.4 cm³/mol. The average molecular weight is 401 g/mol. The molecule has 1 unspecified atom stereocenters. The Kier molecular flexibility index (Phi) is 6.17. The van der Waals surface area contributed by atoms with E-state index in [1.54, 1.807) is 18.2 Å². The molecule has 6 heteroatoms. The summed E-state index contributed by atoms with van der Waals surface area (Å²) in [6, 6.07) is 5.33. The first-order valence-electron chi connectivity index (χ1n) is 5.57. The second kappa shape index (κ2) is 6.93.